The van der Waals surface area contributed by atoms with Crippen LogP contribution in [-0.2, 0) is 10.0 Å². The number of Topliss-reactive ketones (excluding diaryl/α,β-unsaturated/α-hetero) is 1. The molecule has 0 saturated carbocycles. The van der Waals surface area contributed by atoms with Crippen LogP contribution >= 0.6 is 11.3 Å². The van der Waals surface area contributed by atoms with E-state index in [4.69, 9.17) is 0 Å². The third-order valence-corrected chi connectivity index (χ3v) is 8.02. The van der Waals surface area contributed by atoms with E-state index in [1.54, 1.807) is 36.9 Å². The van der Waals surface area contributed by atoms with Gasteiger partial charge in [-0.05, 0) is 50.2 Å². The molecule has 2 aromatic carbocycles. The number of carbonyl (C=O) groups excluding carboxylic acids is 2. The van der Waals surface area contributed by atoms with Crippen LogP contribution < -0.4 is 9.62 Å². The van der Waals surface area contributed by atoms with Gasteiger partial charge >= 0.3 is 0 Å². The predicted molar refractivity (Wildman–Crippen MR) is 129 cm³/mol. The maximum Gasteiger partial charge on any atom is 0.266 e. The predicted octanol–water partition coefficient (Wildman–Crippen LogP) is 3.42. The van der Waals surface area contributed by atoms with Crippen LogP contribution in [0.4, 0.5) is 10.8 Å². The summed E-state index contributed by atoms with van der Waals surface area (Å²) in [5.41, 5.74) is 2.18. The van der Waals surface area contributed by atoms with E-state index in [0.29, 0.717) is 42.3 Å². The molecule has 0 radical (unpaired) electrons. The van der Waals surface area contributed by atoms with E-state index in [1.807, 2.05) is 24.3 Å². The second kappa shape index (κ2) is 9.32. The first kappa shape index (κ1) is 22.9. The Bertz CT molecular complexity index is 1260. The number of benzene rings is 2. The summed E-state index contributed by atoms with van der Waals surface area (Å²) in [5, 5.41) is 0.170. The summed E-state index contributed by atoms with van der Waals surface area (Å²) in [7, 11) is -3.77. The molecule has 1 aliphatic heterocycles. The molecule has 3 aromatic rings. The van der Waals surface area contributed by atoms with Crippen LogP contribution in [0.15, 0.2) is 59.5 Å². The standard InChI is InChI=1S/C23H24N4O4S2/c1-16-21(32-23(24-16)25-33(30,31)20-6-4-3-5-7-20)22(29)27-14-12-26(13-15-27)19-10-8-18(9-11-19)17(2)28/h3-11H,12-15H2,1-2H3,(H,24,25). The van der Waals surface area contributed by atoms with E-state index >= 15 is 0 Å². The van der Waals surface area contributed by atoms with E-state index in [-0.39, 0.29) is 21.7 Å². The lowest BCUT2D eigenvalue weighted by Gasteiger charge is -2.36. The van der Waals surface area contributed by atoms with Gasteiger partial charge in [-0.15, -0.1) is 0 Å². The van der Waals surface area contributed by atoms with Crippen LogP contribution in [0.25, 0.3) is 0 Å². The van der Waals surface area contributed by atoms with Crippen molar-refractivity contribution in [2.24, 2.45) is 0 Å². The summed E-state index contributed by atoms with van der Waals surface area (Å²) >= 11 is 1.05. The lowest BCUT2D eigenvalue weighted by atomic mass is 10.1. The molecule has 0 aliphatic carbocycles. The molecule has 172 valence electrons. The third kappa shape index (κ3) is 5.07. The minimum absolute atomic E-state index is 0.0299. The fourth-order valence-corrected chi connectivity index (χ4v) is 5.82. The lowest BCUT2D eigenvalue weighted by molar-refractivity contribution is 0.0750. The minimum Gasteiger partial charge on any atom is -0.368 e. The molecule has 33 heavy (non-hydrogen) atoms. The van der Waals surface area contributed by atoms with Gasteiger partial charge in [0, 0.05) is 37.4 Å². The molecular weight excluding hydrogens is 460 g/mol. The Hall–Kier alpha value is -3.24. The Balaban J connectivity index is 1.41. The third-order valence-electron chi connectivity index (χ3n) is 5.47. The van der Waals surface area contributed by atoms with Gasteiger partial charge in [0.25, 0.3) is 15.9 Å². The highest BCUT2D eigenvalue weighted by atomic mass is 32.2. The first-order chi connectivity index (χ1) is 15.7. The van der Waals surface area contributed by atoms with E-state index in [0.717, 1.165) is 17.0 Å². The summed E-state index contributed by atoms with van der Waals surface area (Å²) in [6.45, 7) is 5.65. The number of aromatic nitrogens is 1. The molecular formula is C23H24N4O4S2. The average Bonchev–Trinajstić information content (AvgIpc) is 3.18. The first-order valence-electron chi connectivity index (χ1n) is 10.4. The van der Waals surface area contributed by atoms with E-state index < -0.39 is 10.0 Å². The second-order valence-corrected chi connectivity index (χ2v) is 10.4. The number of ketones is 1. The number of amides is 1. The molecule has 1 saturated heterocycles. The van der Waals surface area contributed by atoms with E-state index in [1.165, 1.54) is 12.1 Å². The van der Waals surface area contributed by atoms with Crippen molar-refractivity contribution >= 4 is 43.9 Å². The summed E-state index contributed by atoms with van der Waals surface area (Å²) in [6, 6.07) is 15.5. The van der Waals surface area contributed by atoms with Crippen molar-refractivity contribution in [3.63, 3.8) is 0 Å². The quantitative estimate of drug-likeness (QED) is 0.538. The number of rotatable bonds is 6. The van der Waals surface area contributed by atoms with Crippen LogP contribution in [0.3, 0.4) is 0 Å². The Kier molecular flexibility index (Phi) is 6.48. The van der Waals surface area contributed by atoms with Crippen molar-refractivity contribution in [2.75, 3.05) is 35.8 Å². The minimum atomic E-state index is -3.77. The Morgan fingerprint density at radius 1 is 0.970 bits per heavy atom. The van der Waals surface area contributed by atoms with Gasteiger partial charge in [-0.3, -0.25) is 14.3 Å². The summed E-state index contributed by atoms with van der Waals surface area (Å²) in [4.78, 5) is 33.3. The number of hydrogen-bond donors (Lipinski definition) is 1. The Morgan fingerprint density at radius 3 is 2.21 bits per heavy atom. The van der Waals surface area contributed by atoms with Gasteiger partial charge in [0.2, 0.25) is 0 Å². The van der Waals surface area contributed by atoms with E-state index in [2.05, 4.69) is 14.6 Å². The number of anilines is 2. The Labute approximate surface area is 196 Å². The van der Waals surface area contributed by atoms with Crippen LogP contribution in [0.1, 0.15) is 32.6 Å². The molecule has 4 rings (SSSR count). The average molecular weight is 485 g/mol. The second-order valence-electron chi connectivity index (χ2n) is 7.73. The molecule has 1 N–H and O–H groups in total. The largest absolute Gasteiger partial charge is 0.368 e. The molecule has 1 aliphatic rings. The topological polar surface area (TPSA) is 99.7 Å². The summed E-state index contributed by atoms with van der Waals surface area (Å²) in [6.07, 6.45) is 0. The van der Waals surface area contributed by atoms with Gasteiger partial charge in [-0.2, -0.15) is 0 Å². The maximum absolute atomic E-state index is 13.1. The number of sulfonamides is 1. The summed E-state index contributed by atoms with van der Waals surface area (Å²) in [5.74, 6) is -0.121. The summed E-state index contributed by atoms with van der Waals surface area (Å²) < 4.78 is 27.6. The number of piperazine rings is 1. The monoisotopic (exact) mass is 484 g/mol. The number of nitrogens with one attached hydrogen (secondary N) is 1. The molecule has 0 spiro atoms. The molecule has 1 fully saturated rings. The van der Waals surface area contributed by atoms with Gasteiger partial charge in [-0.25, -0.2) is 13.4 Å². The van der Waals surface area contributed by atoms with Crippen LogP contribution in [0, 0.1) is 6.92 Å². The fraction of sp³-hybridized carbons (Fsp3) is 0.261. The van der Waals surface area contributed by atoms with Crippen molar-refractivity contribution < 1.29 is 18.0 Å². The van der Waals surface area contributed by atoms with Crippen LogP contribution in [-0.4, -0.2) is 56.2 Å². The highest BCUT2D eigenvalue weighted by molar-refractivity contribution is 7.93. The molecule has 0 unspecified atom stereocenters. The molecule has 2 heterocycles. The molecule has 10 heteroatoms. The van der Waals surface area contributed by atoms with Gasteiger partial charge in [0.15, 0.2) is 10.9 Å². The number of thiazole rings is 1. The number of hydrogen-bond acceptors (Lipinski definition) is 7. The molecule has 8 nitrogen and oxygen atoms in total. The lowest BCUT2D eigenvalue weighted by Crippen LogP contribution is -2.48. The number of carbonyl (C=O) groups is 2. The smallest absolute Gasteiger partial charge is 0.266 e. The van der Waals surface area contributed by atoms with Crippen molar-refractivity contribution in [1.82, 2.24) is 9.88 Å². The number of nitrogens with zero attached hydrogens (tertiary/aromatic N) is 3. The molecule has 0 atom stereocenters. The Morgan fingerprint density at radius 2 is 1.61 bits per heavy atom. The normalized spacial score (nSPS) is 14.2. The van der Waals surface area contributed by atoms with Gasteiger partial charge in [0.1, 0.15) is 4.88 Å². The molecule has 0 bridgehead atoms. The fourth-order valence-electron chi connectivity index (χ4n) is 3.63. The van der Waals surface area contributed by atoms with Crippen LogP contribution in [0.2, 0.25) is 0 Å². The molecule has 1 amide bonds. The number of aryl methyl sites for hydroxylation is 1. The zero-order valence-corrected chi connectivity index (χ0v) is 19.9. The maximum atomic E-state index is 13.1. The first-order valence-corrected chi connectivity index (χ1v) is 12.7. The molecule has 1 aromatic heterocycles. The van der Waals surface area contributed by atoms with Gasteiger partial charge in [0.05, 0.1) is 10.6 Å². The highest BCUT2D eigenvalue weighted by Gasteiger charge is 2.26. The SMILES string of the molecule is CC(=O)c1ccc(N2CCN(C(=O)c3sc(NS(=O)(=O)c4ccccc4)nc3C)CC2)cc1. The van der Waals surface area contributed by atoms with Crippen molar-refractivity contribution in [3.05, 3.63) is 70.7 Å². The van der Waals surface area contributed by atoms with Crippen molar-refractivity contribution in [3.8, 4) is 0 Å². The van der Waals surface area contributed by atoms with Gasteiger partial charge < -0.3 is 9.80 Å². The van der Waals surface area contributed by atoms with E-state index in [9.17, 15) is 18.0 Å². The van der Waals surface area contributed by atoms with Crippen molar-refractivity contribution in [1.29, 1.82) is 0 Å². The van der Waals surface area contributed by atoms with Gasteiger partial charge in [-0.1, -0.05) is 29.5 Å². The highest BCUT2D eigenvalue weighted by Crippen LogP contribution is 2.27. The van der Waals surface area contributed by atoms with Crippen molar-refractivity contribution in [2.45, 2.75) is 18.7 Å². The van der Waals surface area contributed by atoms with Crippen LogP contribution in [0.5, 0.6) is 0 Å². The zero-order valence-electron chi connectivity index (χ0n) is 18.3. The zero-order chi connectivity index (χ0) is 23.6.